The van der Waals surface area contributed by atoms with Gasteiger partial charge in [0.2, 0.25) is 0 Å². The molecule has 0 aliphatic heterocycles. The number of ether oxygens (including phenoxy) is 2. The normalized spacial score (nSPS) is 11.6. The van der Waals surface area contributed by atoms with E-state index in [0.717, 1.165) is 5.56 Å². The molecule has 0 spiro atoms. The van der Waals surface area contributed by atoms with E-state index in [1.54, 1.807) is 31.6 Å². The Labute approximate surface area is 157 Å². The van der Waals surface area contributed by atoms with Gasteiger partial charge in [0.05, 0.1) is 7.11 Å². The van der Waals surface area contributed by atoms with Gasteiger partial charge < -0.3 is 19.3 Å². The number of nitrogens with zero attached hydrogens (tertiary/aromatic N) is 2. The molecule has 0 saturated heterocycles. The SMILES string of the molecule is COc1cccc(OCc2cc(C(=O)N[C@H](C)Cc3cccnc3)no2)c1. The summed E-state index contributed by atoms with van der Waals surface area (Å²) in [6.45, 7) is 2.09. The van der Waals surface area contributed by atoms with Crippen molar-refractivity contribution in [3.8, 4) is 11.5 Å². The molecular weight excluding hydrogens is 346 g/mol. The summed E-state index contributed by atoms with van der Waals surface area (Å²) in [5, 5.41) is 6.72. The van der Waals surface area contributed by atoms with Crippen molar-refractivity contribution < 1.29 is 18.8 Å². The molecule has 0 fully saturated rings. The maximum absolute atomic E-state index is 12.3. The minimum absolute atomic E-state index is 0.0603. The molecule has 140 valence electrons. The molecule has 3 rings (SSSR count). The first-order valence-electron chi connectivity index (χ1n) is 8.56. The maximum atomic E-state index is 12.3. The molecule has 0 unspecified atom stereocenters. The van der Waals surface area contributed by atoms with Crippen LogP contribution in [0.25, 0.3) is 0 Å². The fourth-order valence-electron chi connectivity index (χ4n) is 2.55. The zero-order valence-corrected chi connectivity index (χ0v) is 15.2. The van der Waals surface area contributed by atoms with Crippen molar-refractivity contribution in [2.75, 3.05) is 7.11 Å². The number of aromatic nitrogens is 2. The van der Waals surface area contributed by atoms with Gasteiger partial charge in [-0.25, -0.2) is 0 Å². The summed E-state index contributed by atoms with van der Waals surface area (Å²) >= 11 is 0. The van der Waals surface area contributed by atoms with Crippen molar-refractivity contribution >= 4 is 5.91 Å². The van der Waals surface area contributed by atoms with Gasteiger partial charge in [-0.2, -0.15) is 0 Å². The summed E-state index contributed by atoms with van der Waals surface area (Å²) in [7, 11) is 1.59. The van der Waals surface area contributed by atoms with Gasteiger partial charge in [0, 0.05) is 30.6 Å². The quantitative estimate of drug-likeness (QED) is 0.659. The molecule has 27 heavy (non-hydrogen) atoms. The van der Waals surface area contributed by atoms with Crippen LogP contribution >= 0.6 is 0 Å². The molecule has 0 aliphatic carbocycles. The summed E-state index contributed by atoms with van der Waals surface area (Å²) in [5.41, 5.74) is 1.27. The van der Waals surface area contributed by atoms with Crippen LogP contribution in [0.5, 0.6) is 11.5 Å². The Morgan fingerprint density at radius 2 is 2.07 bits per heavy atom. The Morgan fingerprint density at radius 3 is 2.85 bits per heavy atom. The molecule has 0 aliphatic rings. The second kappa shape index (κ2) is 8.84. The standard InChI is InChI=1S/C20H21N3O4/c1-14(9-15-5-4-8-21-12-15)22-20(24)19-11-18(27-23-19)13-26-17-7-3-6-16(10-17)25-2/h3-8,10-12,14H,9,13H2,1-2H3,(H,22,24)/t14-/m1/s1. The Bertz CT molecular complexity index is 880. The van der Waals surface area contributed by atoms with E-state index in [-0.39, 0.29) is 24.2 Å². The van der Waals surface area contributed by atoms with Crippen LogP contribution in [-0.2, 0) is 13.0 Å². The Balaban J connectivity index is 1.52. The van der Waals surface area contributed by atoms with Crippen LogP contribution in [0.3, 0.4) is 0 Å². The number of carbonyl (C=O) groups is 1. The van der Waals surface area contributed by atoms with E-state index in [1.165, 1.54) is 0 Å². The molecular formula is C20H21N3O4. The average Bonchev–Trinajstić information content (AvgIpc) is 3.16. The van der Waals surface area contributed by atoms with Gasteiger partial charge in [-0.1, -0.05) is 17.3 Å². The van der Waals surface area contributed by atoms with Crippen molar-refractivity contribution in [2.24, 2.45) is 0 Å². The summed E-state index contributed by atoms with van der Waals surface area (Å²) in [6, 6.07) is 12.6. The number of hydrogen-bond acceptors (Lipinski definition) is 6. The van der Waals surface area contributed by atoms with Gasteiger partial charge in [0.15, 0.2) is 11.5 Å². The Morgan fingerprint density at radius 1 is 1.22 bits per heavy atom. The zero-order valence-electron chi connectivity index (χ0n) is 15.2. The van der Waals surface area contributed by atoms with Crippen molar-refractivity contribution in [3.63, 3.8) is 0 Å². The largest absolute Gasteiger partial charge is 0.497 e. The van der Waals surface area contributed by atoms with Crippen LogP contribution < -0.4 is 14.8 Å². The maximum Gasteiger partial charge on any atom is 0.273 e. The predicted molar refractivity (Wildman–Crippen MR) is 98.7 cm³/mol. The van der Waals surface area contributed by atoms with Crippen molar-refractivity contribution in [1.29, 1.82) is 0 Å². The van der Waals surface area contributed by atoms with E-state index >= 15 is 0 Å². The minimum atomic E-state index is -0.289. The van der Waals surface area contributed by atoms with E-state index < -0.39 is 0 Å². The van der Waals surface area contributed by atoms with E-state index in [2.05, 4.69) is 15.5 Å². The summed E-state index contributed by atoms with van der Waals surface area (Å²) in [5.74, 6) is 1.51. The monoisotopic (exact) mass is 367 g/mol. The summed E-state index contributed by atoms with van der Waals surface area (Å²) < 4.78 is 16.0. The molecule has 7 heteroatoms. The lowest BCUT2D eigenvalue weighted by molar-refractivity contribution is 0.0930. The number of pyridine rings is 1. The molecule has 7 nitrogen and oxygen atoms in total. The molecule has 1 amide bonds. The molecule has 0 bridgehead atoms. The lowest BCUT2D eigenvalue weighted by Crippen LogP contribution is -2.34. The van der Waals surface area contributed by atoms with Crippen molar-refractivity contribution in [2.45, 2.75) is 26.0 Å². The first kappa shape index (κ1) is 18.4. The first-order chi connectivity index (χ1) is 13.1. The molecule has 1 atom stereocenters. The number of benzene rings is 1. The van der Waals surface area contributed by atoms with Gasteiger partial charge in [-0.3, -0.25) is 9.78 Å². The van der Waals surface area contributed by atoms with Crippen LogP contribution in [0, 0.1) is 0 Å². The highest BCUT2D eigenvalue weighted by Gasteiger charge is 2.15. The third-order valence-electron chi connectivity index (χ3n) is 3.86. The van der Waals surface area contributed by atoms with Crippen LogP contribution in [-0.4, -0.2) is 29.2 Å². The number of amides is 1. The lowest BCUT2D eigenvalue weighted by Gasteiger charge is -2.12. The van der Waals surface area contributed by atoms with Gasteiger partial charge in [-0.05, 0) is 37.1 Å². The smallest absolute Gasteiger partial charge is 0.273 e. The molecule has 1 aromatic carbocycles. The zero-order chi connectivity index (χ0) is 19.1. The second-order valence-electron chi connectivity index (χ2n) is 6.09. The minimum Gasteiger partial charge on any atom is -0.497 e. The fraction of sp³-hybridized carbons (Fsp3) is 0.250. The molecule has 1 N–H and O–H groups in total. The highest BCUT2D eigenvalue weighted by Crippen LogP contribution is 2.20. The highest BCUT2D eigenvalue weighted by atomic mass is 16.5. The molecule has 2 heterocycles. The third-order valence-corrected chi connectivity index (χ3v) is 3.86. The van der Waals surface area contributed by atoms with Crippen LogP contribution in [0.15, 0.2) is 59.4 Å². The van der Waals surface area contributed by atoms with Crippen LogP contribution in [0.1, 0.15) is 28.7 Å². The number of methoxy groups -OCH3 is 1. The number of nitrogens with one attached hydrogen (secondary N) is 1. The fourth-order valence-corrected chi connectivity index (χ4v) is 2.55. The Kier molecular flexibility index (Phi) is 6.04. The number of hydrogen-bond donors (Lipinski definition) is 1. The first-order valence-corrected chi connectivity index (χ1v) is 8.56. The third kappa shape index (κ3) is 5.31. The van der Waals surface area contributed by atoms with Gasteiger partial charge in [0.1, 0.15) is 18.1 Å². The van der Waals surface area contributed by atoms with E-state index in [0.29, 0.717) is 23.7 Å². The van der Waals surface area contributed by atoms with Crippen molar-refractivity contribution in [3.05, 3.63) is 71.9 Å². The molecule has 3 aromatic rings. The molecule has 2 aromatic heterocycles. The number of carbonyl (C=O) groups excluding carboxylic acids is 1. The summed E-state index contributed by atoms with van der Waals surface area (Å²) in [6.07, 6.45) is 4.19. The highest BCUT2D eigenvalue weighted by molar-refractivity contribution is 5.92. The van der Waals surface area contributed by atoms with Crippen LogP contribution in [0.4, 0.5) is 0 Å². The predicted octanol–water partition coefficient (Wildman–Crippen LogP) is 3.02. The Hall–Kier alpha value is -3.35. The van der Waals surface area contributed by atoms with Gasteiger partial charge in [0.25, 0.3) is 5.91 Å². The topological polar surface area (TPSA) is 86.5 Å². The second-order valence-corrected chi connectivity index (χ2v) is 6.09. The van der Waals surface area contributed by atoms with E-state index in [1.807, 2.05) is 37.3 Å². The van der Waals surface area contributed by atoms with Gasteiger partial charge >= 0.3 is 0 Å². The molecule has 0 radical (unpaired) electrons. The lowest BCUT2D eigenvalue weighted by atomic mass is 10.1. The number of rotatable bonds is 8. The van der Waals surface area contributed by atoms with Crippen molar-refractivity contribution in [1.82, 2.24) is 15.5 Å². The van der Waals surface area contributed by atoms with Crippen LogP contribution in [0.2, 0.25) is 0 Å². The average molecular weight is 367 g/mol. The molecule has 0 saturated carbocycles. The van der Waals surface area contributed by atoms with E-state index in [9.17, 15) is 4.79 Å². The summed E-state index contributed by atoms with van der Waals surface area (Å²) in [4.78, 5) is 16.4. The van der Waals surface area contributed by atoms with E-state index in [4.69, 9.17) is 14.0 Å². The van der Waals surface area contributed by atoms with Gasteiger partial charge in [-0.15, -0.1) is 0 Å².